The fourth-order valence-corrected chi connectivity index (χ4v) is 4.85. The second-order valence-electron chi connectivity index (χ2n) is 8.96. The van der Waals surface area contributed by atoms with Gasteiger partial charge in [0.2, 0.25) is 5.28 Å². The SMILES string of the molecule is COC1(OC)CC(N(Cc2ccc(-c3nc(C(F)(F)F)cn3C(C)C)cc2)c2nc(Cl)ncc2Br)C1. The molecule has 0 bridgehead atoms. The van der Waals surface area contributed by atoms with Crippen LogP contribution in [0.15, 0.2) is 41.1 Å². The van der Waals surface area contributed by atoms with E-state index in [9.17, 15) is 13.2 Å². The summed E-state index contributed by atoms with van der Waals surface area (Å²) in [5, 5.41) is 0.124. The molecule has 0 amide bonds. The van der Waals surface area contributed by atoms with Gasteiger partial charge in [0.1, 0.15) is 11.6 Å². The molecular formula is C24H26BrClF3N5O2. The van der Waals surface area contributed by atoms with Crippen LogP contribution < -0.4 is 4.90 Å². The number of benzene rings is 1. The number of hydrogen-bond acceptors (Lipinski definition) is 6. The van der Waals surface area contributed by atoms with Gasteiger partial charge in [-0.25, -0.2) is 9.97 Å². The molecule has 1 saturated carbocycles. The van der Waals surface area contributed by atoms with Gasteiger partial charge in [0.05, 0.1) is 4.47 Å². The summed E-state index contributed by atoms with van der Waals surface area (Å²) in [6.45, 7) is 4.12. The van der Waals surface area contributed by atoms with Crippen LogP contribution in [0.25, 0.3) is 11.4 Å². The number of halogens is 5. The molecule has 194 valence electrons. The highest BCUT2D eigenvalue weighted by Crippen LogP contribution is 2.42. The molecule has 2 heterocycles. The van der Waals surface area contributed by atoms with Gasteiger partial charge in [-0.2, -0.15) is 18.2 Å². The van der Waals surface area contributed by atoms with E-state index in [1.165, 1.54) is 4.57 Å². The Labute approximate surface area is 220 Å². The Bertz CT molecular complexity index is 1210. The number of alkyl halides is 3. The normalized spacial score (nSPS) is 15.8. The molecule has 1 aliphatic carbocycles. The molecule has 36 heavy (non-hydrogen) atoms. The van der Waals surface area contributed by atoms with Gasteiger partial charge in [-0.15, -0.1) is 0 Å². The molecule has 0 N–H and O–H groups in total. The highest BCUT2D eigenvalue weighted by molar-refractivity contribution is 9.10. The van der Waals surface area contributed by atoms with E-state index in [4.69, 9.17) is 21.1 Å². The second-order valence-corrected chi connectivity index (χ2v) is 10.2. The molecule has 0 radical (unpaired) electrons. The quantitative estimate of drug-likeness (QED) is 0.221. The smallest absolute Gasteiger partial charge is 0.353 e. The summed E-state index contributed by atoms with van der Waals surface area (Å²) in [5.41, 5.74) is 0.630. The molecule has 4 rings (SSSR count). The average molecular weight is 589 g/mol. The Morgan fingerprint density at radius 2 is 1.81 bits per heavy atom. The number of ether oxygens (including phenoxy) is 2. The van der Waals surface area contributed by atoms with Crippen LogP contribution in [-0.4, -0.2) is 45.6 Å². The van der Waals surface area contributed by atoms with Crippen molar-refractivity contribution in [1.29, 1.82) is 0 Å². The molecular weight excluding hydrogens is 563 g/mol. The summed E-state index contributed by atoms with van der Waals surface area (Å²) in [4.78, 5) is 14.4. The van der Waals surface area contributed by atoms with Crippen molar-refractivity contribution in [3.8, 4) is 11.4 Å². The van der Waals surface area contributed by atoms with Crippen molar-refractivity contribution < 1.29 is 22.6 Å². The lowest BCUT2D eigenvalue weighted by atomic mass is 9.83. The van der Waals surface area contributed by atoms with Gasteiger partial charge in [-0.05, 0) is 46.9 Å². The Balaban J connectivity index is 1.63. The number of anilines is 1. The lowest BCUT2D eigenvalue weighted by molar-refractivity contribution is -0.256. The van der Waals surface area contributed by atoms with Crippen molar-refractivity contribution in [2.45, 2.75) is 57.3 Å². The molecule has 7 nitrogen and oxygen atoms in total. The van der Waals surface area contributed by atoms with Crippen LogP contribution in [0.5, 0.6) is 0 Å². The van der Waals surface area contributed by atoms with Crippen LogP contribution in [0.4, 0.5) is 19.0 Å². The summed E-state index contributed by atoms with van der Waals surface area (Å²) in [6.07, 6.45) is -0.607. The van der Waals surface area contributed by atoms with Gasteiger partial charge in [0.15, 0.2) is 11.5 Å². The van der Waals surface area contributed by atoms with Gasteiger partial charge >= 0.3 is 6.18 Å². The van der Waals surface area contributed by atoms with Crippen molar-refractivity contribution in [2.24, 2.45) is 0 Å². The highest BCUT2D eigenvalue weighted by Gasteiger charge is 2.48. The molecule has 0 saturated heterocycles. The van der Waals surface area contributed by atoms with Gasteiger partial charge in [-0.1, -0.05) is 24.3 Å². The van der Waals surface area contributed by atoms with Gasteiger partial charge in [0.25, 0.3) is 0 Å². The Kier molecular flexibility index (Phi) is 7.66. The fourth-order valence-electron chi connectivity index (χ4n) is 4.30. The van der Waals surface area contributed by atoms with Crippen LogP contribution in [0, 0.1) is 0 Å². The summed E-state index contributed by atoms with van der Waals surface area (Å²) >= 11 is 9.61. The molecule has 0 spiro atoms. The van der Waals surface area contributed by atoms with Crippen LogP contribution in [0.2, 0.25) is 5.28 Å². The molecule has 0 aliphatic heterocycles. The fraction of sp³-hybridized carbons (Fsp3) is 0.458. The molecule has 1 aromatic carbocycles. The predicted molar refractivity (Wildman–Crippen MR) is 134 cm³/mol. The summed E-state index contributed by atoms with van der Waals surface area (Å²) < 4.78 is 53.2. The molecule has 1 fully saturated rings. The largest absolute Gasteiger partial charge is 0.434 e. The zero-order valence-corrected chi connectivity index (χ0v) is 22.5. The summed E-state index contributed by atoms with van der Waals surface area (Å²) in [5.74, 6) is 0.255. The van der Waals surface area contributed by atoms with E-state index in [0.717, 1.165) is 11.8 Å². The minimum atomic E-state index is -4.51. The van der Waals surface area contributed by atoms with Crippen molar-refractivity contribution in [2.75, 3.05) is 19.1 Å². The van der Waals surface area contributed by atoms with Crippen molar-refractivity contribution in [3.05, 3.63) is 57.7 Å². The number of imidazole rings is 1. The van der Waals surface area contributed by atoms with Gasteiger partial charge in [-0.3, -0.25) is 0 Å². The van der Waals surface area contributed by atoms with E-state index < -0.39 is 17.7 Å². The average Bonchev–Trinajstić information content (AvgIpc) is 3.27. The molecule has 0 atom stereocenters. The minimum Gasteiger partial charge on any atom is -0.353 e. The van der Waals surface area contributed by atoms with Gasteiger partial charge < -0.3 is 18.9 Å². The molecule has 3 aromatic rings. The minimum absolute atomic E-state index is 0.0565. The van der Waals surface area contributed by atoms with Crippen LogP contribution >= 0.6 is 27.5 Å². The number of nitrogens with zero attached hydrogens (tertiary/aromatic N) is 5. The number of aromatic nitrogens is 4. The lowest BCUT2D eigenvalue weighted by Gasteiger charge is -2.50. The Hall–Kier alpha value is -2.21. The number of rotatable bonds is 8. The maximum Gasteiger partial charge on any atom is 0.434 e. The van der Waals surface area contributed by atoms with E-state index >= 15 is 0 Å². The van der Waals surface area contributed by atoms with Crippen molar-refractivity contribution in [1.82, 2.24) is 19.5 Å². The monoisotopic (exact) mass is 587 g/mol. The standard InChI is InChI=1S/C24H26BrClF3N5O2/c1-14(2)33-13-19(24(27,28)29)31-20(33)16-7-5-15(6-8-16)12-34(17-9-23(10-17,35-3)36-4)21-18(25)11-30-22(26)32-21/h5-8,11,13-14,17H,9-10,12H2,1-4H3. The Morgan fingerprint density at radius 3 is 2.36 bits per heavy atom. The summed E-state index contributed by atoms with van der Waals surface area (Å²) in [6, 6.07) is 7.20. The second kappa shape index (κ2) is 10.3. The molecule has 1 aliphatic rings. The number of methoxy groups -OCH3 is 2. The zero-order valence-electron chi connectivity index (χ0n) is 20.2. The Morgan fingerprint density at radius 1 is 1.17 bits per heavy atom. The van der Waals surface area contributed by atoms with E-state index in [1.54, 1.807) is 32.5 Å². The van der Waals surface area contributed by atoms with E-state index in [-0.39, 0.29) is 23.2 Å². The molecule has 0 unspecified atom stereocenters. The van der Waals surface area contributed by atoms with E-state index in [2.05, 4.69) is 35.8 Å². The third kappa shape index (κ3) is 5.39. The first-order valence-electron chi connectivity index (χ1n) is 11.3. The first kappa shape index (κ1) is 26.8. The van der Waals surface area contributed by atoms with Crippen LogP contribution in [-0.2, 0) is 22.2 Å². The van der Waals surface area contributed by atoms with Crippen LogP contribution in [0.3, 0.4) is 0 Å². The van der Waals surface area contributed by atoms with Gasteiger partial charge in [0, 0.05) is 63.6 Å². The predicted octanol–water partition coefficient (Wildman–Crippen LogP) is 6.51. The van der Waals surface area contributed by atoms with Crippen molar-refractivity contribution >= 4 is 33.3 Å². The number of hydrogen-bond donors (Lipinski definition) is 0. The lowest BCUT2D eigenvalue weighted by Crippen LogP contribution is -2.57. The van der Waals surface area contributed by atoms with E-state index in [0.29, 0.717) is 35.2 Å². The molecule has 2 aromatic heterocycles. The van der Waals surface area contributed by atoms with Crippen molar-refractivity contribution in [3.63, 3.8) is 0 Å². The van der Waals surface area contributed by atoms with Crippen LogP contribution in [0.1, 0.15) is 44.0 Å². The third-order valence-electron chi connectivity index (χ3n) is 6.39. The van der Waals surface area contributed by atoms with E-state index in [1.807, 2.05) is 26.0 Å². The topological polar surface area (TPSA) is 65.3 Å². The highest BCUT2D eigenvalue weighted by atomic mass is 79.9. The summed E-state index contributed by atoms with van der Waals surface area (Å²) in [7, 11) is 3.23. The maximum absolute atomic E-state index is 13.3. The third-order valence-corrected chi connectivity index (χ3v) is 7.13. The molecule has 12 heteroatoms. The zero-order chi connectivity index (χ0) is 26.3. The first-order chi connectivity index (χ1) is 17.0. The maximum atomic E-state index is 13.3. The first-order valence-corrected chi connectivity index (χ1v) is 12.4.